The molecule has 1 aliphatic heterocycles. The fourth-order valence-corrected chi connectivity index (χ4v) is 2.78. The van der Waals surface area contributed by atoms with Crippen LogP contribution in [0.3, 0.4) is 0 Å². The van der Waals surface area contributed by atoms with E-state index in [1.54, 1.807) is 0 Å². The Morgan fingerprint density at radius 3 is 2.52 bits per heavy atom. The molecular formula is C16H23N3O4. The maximum absolute atomic E-state index is 12.5. The molecule has 1 aliphatic rings. The molecule has 1 saturated heterocycles. The predicted molar refractivity (Wildman–Crippen MR) is 87.8 cm³/mol. The van der Waals surface area contributed by atoms with E-state index >= 15 is 0 Å². The Kier molecular flexibility index (Phi) is 5.92. The van der Waals surface area contributed by atoms with Gasteiger partial charge in [0.05, 0.1) is 29.8 Å². The Hall–Kier alpha value is -2.15. The maximum atomic E-state index is 12.5. The van der Waals surface area contributed by atoms with Crippen LogP contribution in [-0.4, -0.2) is 42.0 Å². The van der Waals surface area contributed by atoms with Gasteiger partial charge >= 0.3 is 0 Å². The average Bonchev–Trinajstić information content (AvgIpc) is 2.83. The first-order chi connectivity index (χ1) is 11.0. The Bertz CT molecular complexity index is 568. The SMILES string of the molecule is COc1cc([N+](=O)[O-])ccc1NC(=O)[C@H](C)N1CCCCCC1. The van der Waals surface area contributed by atoms with Crippen molar-refractivity contribution < 1.29 is 14.5 Å². The summed E-state index contributed by atoms with van der Waals surface area (Å²) < 4.78 is 5.15. The van der Waals surface area contributed by atoms with Crippen molar-refractivity contribution in [2.75, 3.05) is 25.5 Å². The fraction of sp³-hybridized carbons (Fsp3) is 0.562. The maximum Gasteiger partial charge on any atom is 0.273 e. The lowest BCUT2D eigenvalue weighted by atomic mass is 10.2. The van der Waals surface area contributed by atoms with Crippen LogP contribution in [0.1, 0.15) is 32.6 Å². The van der Waals surface area contributed by atoms with Gasteiger partial charge in [-0.25, -0.2) is 0 Å². The number of likely N-dealkylation sites (tertiary alicyclic amines) is 1. The molecule has 1 fully saturated rings. The highest BCUT2D eigenvalue weighted by atomic mass is 16.6. The van der Waals surface area contributed by atoms with Gasteiger partial charge in [0.1, 0.15) is 5.75 Å². The molecule has 23 heavy (non-hydrogen) atoms. The summed E-state index contributed by atoms with van der Waals surface area (Å²) >= 11 is 0. The molecule has 7 nitrogen and oxygen atoms in total. The summed E-state index contributed by atoms with van der Waals surface area (Å²) in [7, 11) is 1.42. The number of methoxy groups -OCH3 is 1. The van der Waals surface area contributed by atoms with Gasteiger partial charge in [-0.3, -0.25) is 19.8 Å². The minimum absolute atomic E-state index is 0.0691. The molecular weight excluding hydrogens is 298 g/mol. The summed E-state index contributed by atoms with van der Waals surface area (Å²) in [6.45, 7) is 3.73. The number of hydrogen-bond donors (Lipinski definition) is 1. The first-order valence-electron chi connectivity index (χ1n) is 7.90. The molecule has 0 aliphatic carbocycles. The number of nitrogens with one attached hydrogen (secondary N) is 1. The number of rotatable bonds is 5. The second-order valence-corrected chi connectivity index (χ2v) is 5.76. The summed E-state index contributed by atoms with van der Waals surface area (Å²) in [6, 6.07) is 3.93. The number of benzene rings is 1. The van der Waals surface area contributed by atoms with Crippen LogP contribution in [0.2, 0.25) is 0 Å². The smallest absolute Gasteiger partial charge is 0.273 e. The number of ether oxygens (including phenoxy) is 1. The highest BCUT2D eigenvalue weighted by Gasteiger charge is 2.23. The van der Waals surface area contributed by atoms with Crippen LogP contribution in [-0.2, 0) is 4.79 Å². The van der Waals surface area contributed by atoms with Crippen LogP contribution in [0.5, 0.6) is 5.75 Å². The normalized spacial score (nSPS) is 17.1. The van der Waals surface area contributed by atoms with Crippen LogP contribution in [0.4, 0.5) is 11.4 Å². The molecule has 1 atom stereocenters. The van der Waals surface area contributed by atoms with E-state index < -0.39 is 4.92 Å². The van der Waals surface area contributed by atoms with Gasteiger partial charge in [0, 0.05) is 6.07 Å². The first kappa shape index (κ1) is 17.2. The lowest BCUT2D eigenvalue weighted by Gasteiger charge is -2.26. The zero-order valence-electron chi connectivity index (χ0n) is 13.6. The van der Waals surface area contributed by atoms with Crippen molar-refractivity contribution in [3.8, 4) is 5.75 Å². The number of nitro groups is 1. The van der Waals surface area contributed by atoms with E-state index in [4.69, 9.17) is 4.74 Å². The molecule has 0 spiro atoms. The first-order valence-corrected chi connectivity index (χ1v) is 7.90. The number of amides is 1. The van der Waals surface area contributed by atoms with Crippen LogP contribution in [0, 0.1) is 10.1 Å². The molecule has 1 amide bonds. The molecule has 126 valence electrons. The minimum Gasteiger partial charge on any atom is -0.494 e. The van der Waals surface area contributed by atoms with Gasteiger partial charge in [-0.2, -0.15) is 0 Å². The molecule has 0 bridgehead atoms. The predicted octanol–water partition coefficient (Wildman–Crippen LogP) is 2.81. The molecule has 1 aromatic carbocycles. The molecule has 1 N–H and O–H groups in total. The van der Waals surface area contributed by atoms with Crippen molar-refractivity contribution in [3.05, 3.63) is 28.3 Å². The number of nitrogens with zero attached hydrogens (tertiary/aromatic N) is 2. The number of nitro benzene ring substituents is 1. The van der Waals surface area contributed by atoms with E-state index in [1.165, 1.54) is 38.2 Å². The third kappa shape index (κ3) is 4.41. The summed E-state index contributed by atoms with van der Waals surface area (Å²) in [6.07, 6.45) is 4.64. The molecule has 0 unspecified atom stereocenters. The van der Waals surface area contributed by atoms with E-state index in [0.717, 1.165) is 25.9 Å². The van der Waals surface area contributed by atoms with Gasteiger partial charge in [0.25, 0.3) is 5.69 Å². The molecule has 7 heteroatoms. The lowest BCUT2D eigenvalue weighted by Crippen LogP contribution is -2.42. The van der Waals surface area contributed by atoms with Crippen molar-refractivity contribution in [1.82, 2.24) is 4.90 Å². The number of anilines is 1. The fourth-order valence-electron chi connectivity index (χ4n) is 2.78. The minimum atomic E-state index is -0.492. The van der Waals surface area contributed by atoms with E-state index in [0.29, 0.717) is 5.69 Å². The number of hydrogen-bond acceptors (Lipinski definition) is 5. The monoisotopic (exact) mass is 321 g/mol. The Morgan fingerprint density at radius 2 is 1.96 bits per heavy atom. The highest BCUT2D eigenvalue weighted by molar-refractivity contribution is 5.96. The largest absolute Gasteiger partial charge is 0.494 e. The zero-order chi connectivity index (χ0) is 16.8. The molecule has 0 aromatic heterocycles. The standard InChI is InChI=1S/C16H23N3O4/c1-12(18-9-5-3-4-6-10-18)16(20)17-14-8-7-13(19(21)22)11-15(14)23-2/h7-8,11-12H,3-6,9-10H2,1-2H3,(H,17,20)/t12-/m0/s1. The molecule has 0 radical (unpaired) electrons. The van der Waals surface area contributed by atoms with Gasteiger partial charge in [0.15, 0.2) is 0 Å². The third-order valence-electron chi connectivity index (χ3n) is 4.22. The van der Waals surface area contributed by atoms with E-state index in [-0.39, 0.29) is 23.4 Å². The summed E-state index contributed by atoms with van der Waals surface area (Å²) in [4.78, 5) is 25.0. The van der Waals surface area contributed by atoms with Gasteiger partial charge in [-0.05, 0) is 38.9 Å². The van der Waals surface area contributed by atoms with Crippen LogP contribution >= 0.6 is 0 Å². The van der Waals surface area contributed by atoms with Crippen molar-refractivity contribution in [3.63, 3.8) is 0 Å². The number of carbonyl (C=O) groups excluding carboxylic acids is 1. The van der Waals surface area contributed by atoms with Gasteiger partial charge in [-0.15, -0.1) is 0 Å². The molecule has 0 saturated carbocycles. The molecule has 1 aromatic rings. The van der Waals surface area contributed by atoms with E-state index in [1.807, 2.05) is 6.92 Å². The van der Waals surface area contributed by atoms with Crippen molar-refractivity contribution >= 4 is 17.3 Å². The zero-order valence-corrected chi connectivity index (χ0v) is 13.6. The van der Waals surface area contributed by atoms with Gasteiger partial charge < -0.3 is 10.1 Å². The average molecular weight is 321 g/mol. The summed E-state index contributed by atoms with van der Waals surface area (Å²) in [5.41, 5.74) is 0.380. The summed E-state index contributed by atoms with van der Waals surface area (Å²) in [5.74, 6) is 0.162. The molecule has 2 rings (SSSR count). The Balaban J connectivity index is 2.08. The van der Waals surface area contributed by atoms with Crippen LogP contribution in [0.15, 0.2) is 18.2 Å². The van der Waals surface area contributed by atoms with Crippen molar-refractivity contribution in [2.45, 2.75) is 38.6 Å². The topological polar surface area (TPSA) is 84.7 Å². The Labute approximate surface area is 135 Å². The van der Waals surface area contributed by atoms with Crippen LogP contribution in [0.25, 0.3) is 0 Å². The lowest BCUT2D eigenvalue weighted by molar-refractivity contribution is -0.384. The quantitative estimate of drug-likeness (QED) is 0.666. The molecule has 1 heterocycles. The highest BCUT2D eigenvalue weighted by Crippen LogP contribution is 2.29. The second-order valence-electron chi connectivity index (χ2n) is 5.76. The second kappa shape index (κ2) is 7.92. The Morgan fingerprint density at radius 1 is 1.30 bits per heavy atom. The van der Waals surface area contributed by atoms with Crippen molar-refractivity contribution in [1.29, 1.82) is 0 Å². The third-order valence-corrected chi connectivity index (χ3v) is 4.22. The summed E-state index contributed by atoms with van der Waals surface area (Å²) in [5, 5.41) is 13.6. The number of non-ortho nitro benzene ring substituents is 1. The van der Waals surface area contributed by atoms with E-state index in [9.17, 15) is 14.9 Å². The van der Waals surface area contributed by atoms with E-state index in [2.05, 4.69) is 10.2 Å². The number of carbonyl (C=O) groups is 1. The van der Waals surface area contributed by atoms with Gasteiger partial charge in [-0.1, -0.05) is 12.8 Å². The van der Waals surface area contributed by atoms with Gasteiger partial charge in [0.2, 0.25) is 5.91 Å². The van der Waals surface area contributed by atoms with Crippen LogP contribution < -0.4 is 10.1 Å². The van der Waals surface area contributed by atoms with Crippen molar-refractivity contribution in [2.24, 2.45) is 0 Å².